The Labute approximate surface area is 114 Å². The van der Waals surface area contributed by atoms with Crippen molar-refractivity contribution in [2.45, 2.75) is 50.7 Å². The Bertz CT molecular complexity index is 442. The van der Waals surface area contributed by atoms with Gasteiger partial charge in [-0.1, -0.05) is 25.3 Å². The number of hydrogen-bond donors (Lipinski definition) is 1. The highest BCUT2D eigenvalue weighted by Gasteiger charge is 2.55. The summed E-state index contributed by atoms with van der Waals surface area (Å²) < 4.78 is 19.3. The van der Waals surface area contributed by atoms with E-state index in [2.05, 4.69) is 5.32 Å². The van der Waals surface area contributed by atoms with Crippen molar-refractivity contribution in [3.63, 3.8) is 0 Å². The van der Waals surface area contributed by atoms with Gasteiger partial charge < -0.3 is 10.1 Å². The summed E-state index contributed by atoms with van der Waals surface area (Å²) in [5, 5.41) is 3.44. The molecular weight excluding hydrogens is 241 g/mol. The SMILES string of the molecule is CNC1CC(Oc2cccc(F)c2)C12CCCCC2. The largest absolute Gasteiger partial charge is 0.490 e. The highest BCUT2D eigenvalue weighted by atomic mass is 19.1. The molecule has 2 aliphatic carbocycles. The van der Waals surface area contributed by atoms with Crippen molar-refractivity contribution in [1.29, 1.82) is 0 Å². The molecular formula is C16H22FNO. The van der Waals surface area contributed by atoms with Crippen LogP contribution in [0.3, 0.4) is 0 Å². The van der Waals surface area contributed by atoms with Gasteiger partial charge in [0, 0.05) is 23.9 Å². The third-order valence-corrected chi connectivity index (χ3v) is 4.99. The maximum atomic E-state index is 13.2. The van der Waals surface area contributed by atoms with Crippen LogP contribution in [0.15, 0.2) is 24.3 Å². The molecule has 2 nitrogen and oxygen atoms in total. The molecule has 0 amide bonds. The first-order chi connectivity index (χ1) is 9.24. The van der Waals surface area contributed by atoms with E-state index >= 15 is 0 Å². The first kappa shape index (κ1) is 12.9. The third kappa shape index (κ3) is 2.25. The van der Waals surface area contributed by atoms with E-state index in [9.17, 15) is 4.39 Å². The molecule has 3 rings (SSSR count). The van der Waals surface area contributed by atoms with Gasteiger partial charge in [-0.05, 0) is 32.0 Å². The Morgan fingerprint density at radius 1 is 1.26 bits per heavy atom. The second-order valence-corrected chi connectivity index (χ2v) is 5.93. The second-order valence-electron chi connectivity index (χ2n) is 5.93. The van der Waals surface area contributed by atoms with Crippen LogP contribution in [0, 0.1) is 11.2 Å². The van der Waals surface area contributed by atoms with Crippen LogP contribution in [0.2, 0.25) is 0 Å². The molecule has 0 aromatic heterocycles. The summed E-state index contributed by atoms with van der Waals surface area (Å²) in [5.41, 5.74) is 0.277. The van der Waals surface area contributed by atoms with Crippen LogP contribution < -0.4 is 10.1 Å². The lowest BCUT2D eigenvalue weighted by molar-refractivity contribution is -0.101. The van der Waals surface area contributed by atoms with Gasteiger partial charge in [-0.15, -0.1) is 0 Å². The molecule has 1 spiro atoms. The van der Waals surface area contributed by atoms with Crippen LogP contribution in [-0.4, -0.2) is 19.2 Å². The smallest absolute Gasteiger partial charge is 0.126 e. The Kier molecular flexibility index (Phi) is 3.48. The zero-order valence-corrected chi connectivity index (χ0v) is 11.5. The molecule has 1 aromatic rings. The lowest BCUT2D eigenvalue weighted by Gasteiger charge is -2.57. The Morgan fingerprint density at radius 2 is 2.05 bits per heavy atom. The van der Waals surface area contributed by atoms with Gasteiger partial charge in [0.25, 0.3) is 0 Å². The number of rotatable bonds is 3. The van der Waals surface area contributed by atoms with Crippen molar-refractivity contribution in [2.24, 2.45) is 5.41 Å². The lowest BCUT2D eigenvalue weighted by Crippen LogP contribution is -2.64. The molecule has 2 unspecified atom stereocenters. The third-order valence-electron chi connectivity index (χ3n) is 4.99. The molecule has 0 radical (unpaired) electrons. The predicted molar refractivity (Wildman–Crippen MR) is 73.8 cm³/mol. The molecule has 2 fully saturated rings. The van der Waals surface area contributed by atoms with Crippen molar-refractivity contribution in [2.75, 3.05) is 7.05 Å². The van der Waals surface area contributed by atoms with Crippen LogP contribution in [0.1, 0.15) is 38.5 Å². The summed E-state index contributed by atoms with van der Waals surface area (Å²) in [6.45, 7) is 0. The molecule has 1 aromatic carbocycles. The summed E-state index contributed by atoms with van der Waals surface area (Å²) >= 11 is 0. The van der Waals surface area contributed by atoms with Crippen molar-refractivity contribution in [1.82, 2.24) is 5.32 Å². The molecule has 19 heavy (non-hydrogen) atoms. The molecule has 0 saturated heterocycles. The van der Waals surface area contributed by atoms with Gasteiger partial charge in [0.05, 0.1) is 0 Å². The zero-order valence-electron chi connectivity index (χ0n) is 11.5. The van der Waals surface area contributed by atoms with E-state index in [1.54, 1.807) is 6.07 Å². The Morgan fingerprint density at radius 3 is 2.74 bits per heavy atom. The minimum atomic E-state index is -0.223. The molecule has 0 bridgehead atoms. The minimum absolute atomic E-state index is 0.223. The molecule has 3 heteroatoms. The molecule has 2 atom stereocenters. The van der Waals surface area contributed by atoms with Gasteiger partial charge in [-0.25, -0.2) is 4.39 Å². The van der Waals surface area contributed by atoms with Gasteiger partial charge in [-0.2, -0.15) is 0 Å². The van der Waals surface area contributed by atoms with Crippen LogP contribution in [0.25, 0.3) is 0 Å². The van der Waals surface area contributed by atoms with Gasteiger partial charge >= 0.3 is 0 Å². The van der Waals surface area contributed by atoms with Crippen molar-refractivity contribution < 1.29 is 9.13 Å². The zero-order chi connectivity index (χ0) is 13.3. The van der Waals surface area contributed by atoms with Crippen molar-refractivity contribution in [3.05, 3.63) is 30.1 Å². The molecule has 104 valence electrons. The molecule has 2 saturated carbocycles. The number of nitrogens with one attached hydrogen (secondary N) is 1. The fraction of sp³-hybridized carbons (Fsp3) is 0.625. The summed E-state index contributed by atoms with van der Waals surface area (Å²) in [4.78, 5) is 0. The van der Waals surface area contributed by atoms with Crippen LogP contribution in [-0.2, 0) is 0 Å². The van der Waals surface area contributed by atoms with E-state index in [0.717, 1.165) is 6.42 Å². The van der Waals surface area contributed by atoms with E-state index in [0.29, 0.717) is 11.8 Å². The Balaban J connectivity index is 1.74. The van der Waals surface area contributed by atoms with E-state index in [-0.39, 0.29) is 17.3 Å². The average Bonchev–Trinajstić information content (AvgIpc) is 2.44. The summed E-state index contributed by atoms with van der Waals surface area (Å²) in [6.07, 6.45) is 7.67. The van der Waals surface area contributed by atoms with Gasteiger partial charge in [0.2, 0.25) is 0 Å². The van der Waals surface area contributed by atoms with Gasteiger partial charge in [0.1, 0.15) is 17.7 Å². The van der Waals surface area contributed by atoms with E-state index in [4.69, 9.17) is 4.74 Å². The number of hydrogen-bond acceptors (Lipinski definition) is 2. The monoisotopic (exact) mass is 263 g/mol. The summed E-state index contributed by atoms with van der Waals surface area (Å²) in [7, 11) is 2.04. The first-order valence-electron chi connectivity index (χ1n) is 7.34. The molecule has 2 aliphatic rings. The predicted octanol–water partition coefficient (Wildman–Crippen LogP) is 3.52. The topological polar surface area (TPSA) is 21.3 Å². The molecule has 0 aliphatic heterocycles. The normalized spacial score (nSPS) is 28.9. The fourth-order valence-corrected chi connectivity index (χ4v) is 3.90. The highest BCUT2D eigenvalue weighted by Crippen LogP contribution is 2.53. The quantitative estimate of drug-likeness (QED) is 0.901. The fourth-order valence-electron chi connectivity index (χ4n) is 3.90. The van der Waals surface area contributed by atoms with Crippen LogP contribution >= 0.6 is 0 Å². The van der Waals surface area contributed by atoms with E-state index in [1.165, 1.54) is 44.2 Å². The van der Waals surface area contributed by atoms with Crippen molar-refractivity contribution in [3.8, 4) is 5.75 Å². The Hall–Kier alpha value is -1.09. The summed E-state index contributed by atoms with van der Waals surface area (Å²) in [5.74, 6) is 0.448. The maximum absolute atomic E-state index is 13.2. The second kappa shape index (κ2) is 5.12. The molecule has 0 heterocycles. The molecule has 1 N–H and O–H groups in total. The van der Waals surface area contributed by atoms with E-state index in [1.807, 2.05) is 13.1 Å². The summed E-state index contributed by atoms with van der Waals surface area (Å²) in [6, 6.07) is 7.08. The van der Waals surface area contributed by atoms with E-state index < -0.39 is 0 Å². The average molecular weight is 263 g/mol. The van der Waals surface area contributed by atoms with Crippen molar-refractivity contribution >= 4 is 0 Å². The van der Waals surface area contributed by atoms with Crippen LogP contribution in [0.5, 0.6) is 5.75 Å². The standard InChI is InChI=1S/C16H22FNO/c1-18-14-11-15(16(14)8-3-2-4-9-16)19-13-7-5-6-12(17)10-13/h5-7,10,14-15,18H,2-4,8-9,11H2,1H3. The lowest BCUT2D eigenvalue weighted by atomic mass is 9.55. The first-order valence-corrected chi connectivity index (χ1v) is 7.34. The minimum Gasteiger partial charge on any atom is -0.490 e. The highest BCUT2D eigenvalue weighted by molar-refractivity contribution is 5.24. The number of halogens is 1. The van der Waals surface area contributed by atoms with Crippen LogP contribution in [0.4, 0.5) is 4.39 Å². The number of ether oxygens (including phenoxy) is 1. The van der Waals surface area contributed by atoms with Gasteiger partial charge in [0.15, 0.2) is 0 Å². The number of benzene rings is 1. The van der Waals surface area contributed by atoms with Gasteiger partial charge in [-0.3, -0.25) is 0 Å². The maximum Gasteiger partial charge on any atom is 0.126 e.